The number of aromatic hydroxyl groups is 2. The van der Waals surface area contributed by atoms with E-state index in [4.69, 9.17) is 9.47 Å². The third kappa shape index (κ3) is 6.39. The summed E-state index contributed by atoms with van der Waals surface area (Å²) in [5.41, 5.74) is 4.11. The number of aromatic amines is 1. The van der Waals surface area contributed by atoms with Crippen LogP contribution in [-0.4, -0.2) is 124 Å². The standard InChI is InChI=1S/C22H22N4O3.C14H18N2O3/c1-25-7-9-26(10-8-25)13-17-18(27)5-4-16-20(28)19(29-21(16)17)11-14-12-24-22-15(14)3-2-6-23-22;1-15-4-6-16(7-5-15)8-11-12(17)3-2-10-13(18)9-19-14(10)11/h2-6,11-12,27H,7-10,13H2,1H3,(H,23,24);2-3,17H,4-9H2,1H3/b19-11-;. The zero-order valence-electron chi connectivity index (χ0n) is 27.2. The van der Waals surface area contributed by atoms with Gasteiger partial charge in [-0.3, -0.25) is 19.4 Å². The second-order valence-electron chi connectivity index (χ2n) is 12.8. The molecule has 0 amide bonds. The average Bonchev–Trinajstić information content (AvgIpc) is 3.77. The maximum Gasteiger partial charge on any atom is 0.231 e. The number of hydrogen-bond acceptors (Lipinski definition) is 11. The van der Waals surface area contributed by atoms with Crippen molar-refractivity contribution >= 4 is 28.7 Å². The van der Waals surface area contributed by atoms with Crippen LogP contribution in [0.2, 0.25) is 0 Å². The number of pyridine rings is 1. The number of ether oxygens (including phenoxy) is 2. The molecule has 0 atom stereocenters. The molecule has 4 aliphatic heterocycles. The van der Waals surface area contributed by atoms with Crippen molar-refractivity contribution in [3.05, 3.63) is 82.4 Å². The molecule has 12 heteroatoms. The molecule has 0 saturated carbocycles. The number of aromatic nitrogens is 2. The van der Waals surface area contributed by atoms with Crippen LogP contribution < -0.4 is 9.47 Å². The number of carbonyl (C=O) groups excluding carboxylic acids is 2. The van der Waals surface area contributed by atoms with Crippen LogP contribution in [0.3, 0.4) is 0 Å². The van der Waals surface area contributed by atoms with Crippen molar-refractivity contribution in [1.29, 1.82) is 0 Å². The van der Waals surface area contributed by atoms with Crippen LogP contribution in [-0.2, 0) is 13.1 Å². The minimum absolute atomic E-state index is 0.00497. The molecule has 8 rings (SSSR count). The molecule has 4 aromatic rings. The summed E-state index contributed by atoms with van der Waals surface area (Å²) in [6.45, 7) is 9.05. The zero-order chi connectivity index (χ0) is 33.4. The molecule has 2 saturated heterocycles. The summed E-state index contributed by atoms with van der Waals surface area (Å²) >= 11 is 0. The summed E-state index contributed by atoms with van der Waals surface area (Å²) in [4.78, 5) is 41.1. The van der Waals surface area contributed by atoms with Crippen molar-refractivity contribution in [1.82, 2.24) is 29.6 Å². The summed E-state index contributed by atoms with van der Waals surface area (Å²) in [7, 11) is 4.21. The first-order chi connectivity index (χ1) is 23.2. The van der Waals surface area contributed by atoms with Crippen LogP contribution in [0.15, 0.2) is 54.6 Å². The van der Waals surface area contributed by atoms with E-state index in [2.05, 4.69) is 43.7 Å². The lowest BCUT2D eigenvalue weighted by molar-refractivity contribution is 0.0959. The summed E-state index contributed by atoms with van der Waals surface area (Å²) < 4.78 is 11.4. The number of ketones is 2. The fraction of sp³-hybridized carbons (Fsp3) is 0.361. The summed E-state index contributed by atoms with van der Waals surface area (Å²) in [5, 5.41) is 21.4. The van der Waals surface area contributed by atoms with E-state index < -0.39 is 0 Å². The number of carbonyl (C=O) groups is 2. The van der Waals surface area contributed by atoms with Crippen LogP contribution in [0.4, 0.5) is 0 Å². The number of likely N-dealkylation sites (N-methyl/N-ethyl adjacent to an activating group) is 2. The summed E-state index contributed by atoms with van der Waals surface area (Å²) in [6.07, 6.45) is 5.27. The van der Waals surface area contributed by atoms with Gasteiger partial charge in [0.2, 0.25) is 11.6 Å². The van der Waals surface area contributed by atoms with Crippen LogP contribution in [0, 0.1) is 0 Å². The molecule has 4 aliphatic rings. The van der Waals surface area contributed by atoms with Crippen molar-refractivity contribution in [2.45, 2.75) is 13.1 Å². The van der Waals surface area contributed by atoms with Crippen molar-refractivity contribution in [3.8, 4) is 23.0 Å². The third-order valence-electron chi connectivity index (χ3n) is 9.52. The average molecular weight is 653 g/mol. The Morgan fingerprint density at radius 3 is 2.06 bits per heavy atom. The number of fused-ring (bicyclic) bond motifs is 3. The number of hydrogen-bond donors (Lipinski definition) is 3. The zero-order valence-corrected chi connectivity index (χ0v) is 27.2. The summed E-state index contributed by atoms with van der Waals surface area (Å²) in [5.74, 6) is 1.50. The Hall–Kier alpha value is -4.75. The number of H-pyrrole nitrogens is 1. The van der Waals surface area contributed by atoms with Gasteiger partial charge in [-0.1, -0.05) is 0 Å². The fourth-order valence-electron chi connectivity index (χ4n) is 6.52. The first-order valence-corrected chi connectivity index (χ1v) is 16.3. The van der Waals surface area contributed by atoms with E-state index in [1.807, 2.05) is 18.3 Å². The maximum absolute atomic E-state index is 12.9. The molecule has 0 radical (unpaired) electrons. The van der Waals surface area contributed by atoms with Crippen molar-refractivity contribution in [2.75, 3.05) is 73.1 Å². The van der Waals surface area contributed by atoms with Crippen LogP contribution in [0.1, 0.15) is 37.4 Å². The lowest BCUT2D eigenvalue weighted by atomic mass is 10.0. The van der Waals surface area contributed by atoms with Crippen molar-refractivity contribution in [3.63, 3.8) is 0 Å². The second-order valence-corrected chi connectivity index (χ2v) is 12.8. The quantitative estimate of drug-likeness (QED) is 0.274. The molecule has 6 heterocycles. The monoisotopic (exact) mass is 652 g/mol. The van der Waals surface area contributed by atoms with E-state index in [1.165, 1.54) is 0 Å². The normalized spacial score (nSPS) is 19.6. The largest absolute Gasteiger partial charge is 0.507 e. The van der Waals surface area contributed by atoms with Crippen LogP contribution in [0.5, 0.6) is 23.0 Å². The van der Waals surface area contributed by atoms with Crippen molar-refractivity contribution in [2.24, 2.45) is 0 Å². The Morgan fingerprint density at radius 1 is 0.812 bits per heavy atom. The van der Waals surface area contributed by atoms with Gasteiger partial charge in [-0.2, -0.15) is 0 Å². The van der Waals surface area contributed by atoms with Gasteiger partial charge in [0.1, 0.15) is 28.6 Å². The van der Waals surface area contributed by atoms with Crippen LogP contribution >= 0.6 is 0 Å². The number of piperazine rings is 2. The highest BCUT2D eigenvalue weighted by Gasteiger charge is 2.32. The molecule has 2 fully saturated rings. The number of Topliss-reactive ketones (excluding diaryl/α,β-unsaturated/α-hetero) is 2. The smallest absolute Gasteiger partial charge is 0.231 e. The molecule has 0 unspecified atom stereocenters. The first kappa shape index (κ1) is 31.8. The number of nitrogens with zero attached hydrogens (tertiary/aromatic N) is 5. The van der Waals surface area contributed by atoms with Crippen LogP contribution in [0.25, 0.3) is 17.1 Å². The number of allylic oxidation sites excluding steroid dienone is 1. The number of benzene rings is 2. The minimum Gasteiger partial charge on any atom is -0.507 e. The van der Waals surface area contributed by atoms with Gasteiger partial charge in [-0.15, -0.1) is 0 Å². The molecular formula is C36H40N6O6. The number of phenols is 2. The number of phenolic OH excluding ortho intramolecular Hbond substituents is 2. The fourth-order valence-corrected chi connectivity index (χ4v) is 6.52. The lowest BCUT2D eigenvalue weighted by Gasteiger charge is -2.32. The van der Waals surface area contributed by atoms with E-state index in [0.717, 1.165) is 74.5 Å². The minimum atomic E-state index is -0.169. The predicted molar refractivity (Wildman–Crippen MR) is 181 cm³/mol. The lowest BCUT2D eigenvalue weighted by Crippen LogP contribution is -2.43. The highest BCUT2D eigenvalue weighted by atomic mass is 16.5. The van der Waals surface area contributed by atoms with Crippen molar-refractivity contribution < 1.29 is 29.3 Å². The molecular weight excluding hydrogens is 612 g/mol. The molecule has 0 aliphatic carbocycles. The second kappa shape index (κ2) is 13.4. The van der Waals surface area contributed by atoms with Gasteiger partial charge < -0.3 is 34.5 Å². The van der Waals surface area contributed by atoms with Gasteiger partial charge in [0.25, 0.3) is 0 Å². The van der Waals surface area contributed by atoms with E-state index in [-0.39, 0.29) is 35.4 Å². The SMILES string of the molecule is CN1CCN(Cc2c(O)ccc3c2O/C(=C\c2c[nH]c4ncccc24)C3=O)CC1.CN1CCN(Cc2c(O)ccc3c2OCC3=O)CC1. The Labute approximate surface area is 278 Å². The molecule has 250 valence electrons. The molecule has 12 nitrogen and oxygen atoms in total. The molecule has 0 bridgehead atoms. The Morgan fingerprint density at radius 2 is 1.42 bits per heavy atom. The van der Waals surface area contributed by atoms with Gasteiger partial charge in [0, 0.05) is 88.8 Å². The van der Waals surface area contributed by atoms with Gasteiger partial charge in [0.15, 0.2) is 12.4 Å². The van der Waals surface area contributed by atoms with E-state index >= 15 is 0 Å². The molecule has 3 N–H and O–H groups in total. The summed E-state index contributed by atoms with van der Waals surface area (Å²) in [6, 6.07) is 10.3. The highest BCUT2D eigenvalue weighted by molar-refractivity contribution is 6.15. The Kier molecular flexibility index (Phi) is 8.88. The topological polar surface area (TPSA) is 135 Å². The predicted octanol–water partition coefficient (Wildman–Crippen LogP) is 3.35. The molecule has 0 spiro atoms. The Bertz CT molecular complexity index is 1890. The van der Waals surface area contributed by atoms with Gasteiger partial charge in [-0.05, 0) is 56.6 Å². The molecule has 2 aromatic heterocycles. The third-order valence-corrected chi connectivity index (χ3v) is 9.52. The molecule has 48 heavy (non-hydrogen) atoms. The Balaban J connectivity index is 0.000000166. The van der Waals surface area contributed by atoms with E-state index in [0.29, 0.717) is 41.3 Å². The first-order valence-electron chi connectivity index (χ1n) is 16.3. The maximum atomic E-state index is 12.9. The number of nitrogens with one attached hydrogen (secondary N) is 1. The highest BCUT2D eigenvalue weighted by Crippen LogP contribution is 2.41. The number of rotatable bonds is 5. The van der Waals surface area contributed by atoms with Gasteiger partial charge in [-0.25, -0.2) is 4.98 Å². The molecule has 2 aromatic carbocycles. The van der Waals surface area contributed by atoms with E-state index in [9.17, 15) is 19.8 Å². The van der Waals surface area contributed by atoms with Gasteiger partial charge >= 0.3 is 0 Å². The van der Waals surface area contributed by atoms with E-state index in [1.54, 1.807) is 36.5 Å². The van der Waals surface area contributed by atoms with Gasteiger partial charge in [0.05, 0.1) is 22.3 Å².